The molecule has 5 heteroatoms. The van der Waals surface area contributed by atoms with Crippen molar-refractivity contribution in [3.63, 3.8) is 0 Å². The third-order valence-electron chi connectivity index (χ3n) is 2.92. The summed E-state index contributed by atoms with van der Waals surface area (Å²) in [7, 11) is 1.26. The van der Waals surface area contributed by atoms with Gasteiger partial charge in [0, 0.05) is 17.7 Å². The van der Waals surface area contributed by atoms with Gasteiger partial charge in [-0.05, 0) is 24.6 Å². The van der Waals surface area contributed by atoms with E-state index in [2.05, 4.69) is 0 Å². The minimum absolute atomic E-state index is 0.0347. The number of halogens is 3. The summed E-state index contributed by atoms with van der Waals surface area (Å²) >= 11 is 0. The van der Waals surface area contributed by atoms with Crippen LogP contribution in [0.1, 0.15) is 21.5 Å². The molecule has 0 unspecified atom stereocenters. The third kappa shape index (κ3) is 2.52. The lowest BCUT2D eigenvalue weighted by atomic mass is 9.98. The van der Waals surface area contributed by atoms with Crippen molar-refractivity contribution in [2.24, 2.45) is 0 Å². The van der Waals surface area contributed by atoms with Crippen molar-refractivity contribution >= 4 is 5.78 Å². The summed E-state index contributed by atoms with van der Waals surface area (Å²) in [6.07, 6.45) is 0. The number of ether oxygens (including phenoxy) is 1. The van der Waals surface area contributed by atoms with Crippen molar-refractivity contribution in [2.75, 3.05) is 7.11 Å². The molecule has 2 aromatic rings. The van der Waals surface area contributed by atoms with Crippen LogP contribution in [-0.2, 0) is 0 Å². The predicted octanol–water partition coefficient (Wildman–Crippen LogP) is 3.65. The van der Waals surface area contributed by atoms with Crippen LogP contribution in [-0.4, -0.2) is 12.9 Å². The molecule has 2 rings (SSSR count). The van der Waals surface area contributed by atoms with Crippen molar-refractivity contribution in [3.8, 4) is 5.75 Å². The number of hydrogen-bond donors (Lipinski definition) is 0. The smallest absolute Gasteiger partial charge is 0.199 e. The van der Waals surface area contributed by atoms with Gasteiger partial charge in [0.1, 0.15) is 23.2 Å². The van der Waals surface area contributed by atoms with Crippen LogP contribution in [0.15, 0.2) is 30.3 Å². The highest BCUT2D eigenvalue weighted by Crippen LogP contribution is 2.24. The lowest BCUT2D eigenvalue weighted by molar-refractivity contribution is 0.103. The number of methoxy groups -OCH3 is 1. The molecule has 2 nitrogen and oxygen atoms in total. The van der Waals surface area contributed by atoms with Crippen LogP contribution < -0.4 is 4.74 Å². The first kappa shape index (κ1) is 14.1. The summed E-state index contributed by atoms with van der Waals surface area (Å²) in [6, 6.07) is 5.32. The Morgan fingerprint density at radius 2 is 1.65 bits per heavy atom. The fraction of sp³-hybridized carbons (Fsp3) is 0.133. The monoisotopic (exact) mass is 280 g/mol. The van der Waals surface area contributed by atoms with Crippen molar-refractivity contribution < 1.29 is 22.7 Å². The average molecular weight is 280 g/mol. The molecule has 0 atom stereocenters. The molecule has 0 saturated carbocycles. The molecule has 0 N–H and O–H groups in total. The minimum Gasteiger partial charge on any atom is -0.497 e. The Morgan fingerprint density at radius 3 is 2.20 bits per heavy atom. The summed E-state index contributed by atoms with van der Waals surface area (Å²) in [5, 5.41) is 0. The molecule has 0 aliphatic carbocycles. The zero-order chi connectivity index (χ0) is 14.9. The molecule has 0 saturated heterocycles. The fourth-order valence-electron chi connectivity index (χ4n) is 1.86. The average Bonchev–Trinajstić information content (AvgIpc) is 2.40. The summed E-state index contributed by atoms with van der Waals surface area (Å²) in [6.45, 7) is 1.56. The number of carbonyl (C=O) groups excluding carboxylic acids is 1. The SMILES string of the molecule is COc1cc(F)c(C(=O)c2cc(F)ccc2C)c(F)c1. The number of aryl methyl sites for hydroxylation is 1. The molecule has 0 radical (unpaired) electrons. The van der Waals surface area contributed by atoms with Crippen molar-refractivity contribution in [1.29, 1.82) is 0 Å². The first-order chi connectivity index (χ1) is 9.43. The zero-order valence-electron chi connectivity index (χ0n) is 10.8. The molecule has 0 bridgehead atoms. The van der Waals surface area contributed by atoms with Crippen LogP contribution in [0.25, 0.3) is 0 Å². The molecule has 2 aromatic carbocycles. The minimum atomic E-state index is -1.05. The van der Waals surface area contributed by atoms with E-state index in [1.165, 1.54) is 19.2 Å². The van der Waals surface area contributed by atoms with Gasteiger partial charge in [-0.1, -0.05) is 6.07 Å². The second kappa shape index (κ2) is 5.36. The van der Waals surface area contributed by atoms with Gasteiger partial charge in [-0.2, -0.15) is 0 Å². The quantitative estimate of drug-likeness (QED) is 0.802. The third-order valence-corrected chi connectivity index (χ3v) is 2.92. The first-order valence-corrected chi connectivity index (χ1v) is 5.78. The van der Waals surface area contributed by atoms with E-state index in [4.69, 9.17) is 4.74 Å². The van der Waals surface area contributed by atoms with Crippen molar-refractivity contribution in [3.05, 3.63) is 64.5 Å². The normalized spacial score (nSPS) is 10.4. The van der Waals surface area contributed by atoms with E-state index < -0.39 is 28.8 Å². The molecular weight excluding hydrogens is 269 g/mol. The fourth-order valence-corrected chi connectivity index (χ4v) is 1.86. The van der Waals surface area contributed by atoms with Crippen LogP contribution in [0.2, 0.25) is 0 Å². The van der Waals surface area contributed by atoms with Gasteiger partial charge in [-0.15, -0.1) is 0 Å². The Labute approximate surface area is 113 Å². The largest absolute Gasteiger partial charge is 0.497 e. The van der Waals surface area contributed by atoms with Gasteiger partial charge in [0.15, 0.2) is 5.78 Å². The van der Waals surface area contributed by atoms with Crippen LogP contribution >= 0.6 is 0 Å². The van der Waals surface area contributed by atoms with E-state index in [-0.39, 0.29) is 11.3 Å². The highest BCUT2D eigenvalue weighted by Gasteiger charge is 2.22. The van der Waals surface area contributed by atoms with Crippen LogP contribution in [0.4, 0.5) is 13.2 Å². The van der Waals surface area contributed by atoms with E-state index in [1.54, 1.807) is 6.92 Å². The summed E-state index contributed by atoms with van der Waals surface area (Å²) in [5.41, 5.74) is -0.363. The van der Waals surface area contributed by atoms with Crippen molar-refractivity contribution in [1.82, 2.24) is 0 Å². The number of hydrogen-bond acceptors (Lipinski definition) is 2. The second-order valence-corrected chi connectivity index (χ2v) is 4.25. The van der Waals surface area contributed by atoms with E-state index in [0.29, 0.717) is 5.56 Å². The summed E-state index contributed by atoms with van der Waals surface area (Å²) < 4.78 is 45.6. The van der Waals surface area contributed by atoms with Crippen LogP contribution in [0.3, 0.4) is 0 Å². The first-order valence-electron chi connectivity index (χ1n) is 5.78. The highest BCUT2D eigenvalue weighted by atomic mass is 19.1. The molecule has 0 fully saturated rings. The molecule has 104 valence electrons. The van der Waals surface area contributed by atoms with Crippen LogP contribution in [0.5, 0.6) is 5.75 Å². The van der Waals surface area contributed by atoms with Gasteiger partial charge in [0.25, 0.3) is 0 Å². The lowest BCUT2D eigenvalue weighted by Gasteiger charge is -2.09. The number of benzene rings is 2. The van der Waals surface area contributed by atoms with E-state index >= 15 is 0 Å². The van der Waals surface area contributed by atoms with Gasteiger partial charge < -0.3 is 4.74 Å². The van der Waals surface area contributed by atoms with E-state index in [9.17, 15) is 18.0 Å². The zero-order valence-corrected chi connectivity index (χ0v) is 10.8. The molecule has 20 heavy (non-hydrogen) atoms. The van der Waals surface area contributed by atoms with Crippen molar-refractivity contribution in [2.45, 2.75) is 6.92 Å². The van der Waals surface area contributed by atoms with Gasteiger partial charge in [0.2, 0.25) is 0 Å². The molecule has 0 aliphatic heterocycles. The molecule has 0 aromatic heterocycles. The summed E-state index contributed by atoms with van der Waals surface area (Å²) in [5.74, 6) is -3.67. The Morgan fingerprint density at radius 1 is 1.05 bits per heavy atom. The molecule has 0 aliphatic rings. The highest BCUT2D eigenvalue weighted by molar-refractivity contribution is 6.10. The van der Waals surface area contributed by atoms with Crippen LogP contribution in [0, 0.1) is 24.4 Å². The standard InChI is InChI=1S/C15H11F3O2/c1-8-3-4-9(16)5-11(8)15(19)14-12(17)6-10(20-2)7-13(14)18/h3-7H,1-2H3. The number of carbonyl (C=O) groups is 1. The number of ketones is 1. The lowest BCUT2D eigenvalue weighted by Crippen LogP contribution is -2.10. The van der Waals surface area contributed by atoms with Gasteiger partial charge in [-0.3, -0.25) is 4.79 Å². The maximum absolute atomic E-state index is 13.8. The Kier molecular flexibility index (Phi) is 3.79. The maximum atomic E-state index is 13.8. The molecule has 0 spiro atoms. The van der Waals surface area contributed by atoms with Gasteiger partial charge >= 0.3 is 0 Å². The van der Waals surface area contributed by atoms with Gasteiger partial charge in [-0.25, -0.2) is 13.2 Å². The second-order valence-electron chi connectivity index (χ2n) is 4.25. The van der Waals surface area contributed by atoms with Gasteiger partial charge in [0.05, 0.1) is 12.7 Å². The Bertz CT molecular complexity index is 658. The maximum Gasteiger partial charge on any atom is 0.199 e. The number of rotatable bonds is 3. The Hall–Kier alpha value is -2.30. The predicted molar refractivity (Wildman–Crippen MR) is 67.5 cm³/mol. The molecular formula is C15H11F3O2. The topological polar surface area (TPSA) is 26.3 Å². The van der Waals surface area contributed by atoms with E-state index in [1.807, 2.05) is 0 Å². The summed E-state index contributed by atoms with van der Waals surface area (Å²) in [4.78, 5) is 12.2. The van der Waals surface area contributed by atoms with E-state index in [0.717, 1.165) is 18.2 Å². The Balaban J connectivity index is 2.56. The molecule has 0 heterocycles. The molecule has 0 amide bonds.